The van der Waals surface area contributed by atoms with Crippen LogP contribution in [-0.4, -0.2) is 105 Å². The molecule has 0 unspecified atom stereocenters. The van der Waals surface area contributed by atoms with Gasteiger partial charge in [-0.25, -0.2) is 0 Å². The third-order valence-electron chi connectivity index (χ3n) is 8.37. The number of aliphatic hydroxyl groups is 5. The molecule has 0 saturated heterocycles. The van der Waals surface area contributed by atoms with Gasteiger partial charge in [0.15, 0.2) is 6.10 Å². The maximum atomic E-state index is 13.6. The molecule has 4 amide bonds. The van der Waals surface area contributed by atoms with Crippen LogP contribution >= 0.6 is 0 Å². The van der Waals surface area contributed by atoms with E-state index in [2.05, 4.69) is 28.2 Å². The summed E-state index contributed by atoms with van der Waals surface area (Å²) >= 11 is 0. The van der Waals surface area contributed by atoms with Gasteiger partial charge in [0.1, 0.15) is 36.4 Å². The molecule has 0 aromatic heterocycles. The highest BCUT2D eigenvalue weighted by atomic mass is 16.4. The fraction of sp³-hybridized carbons (Fsp3) is 0.889. The lowest BCUT2D eigenvalue weighted by Crippen LogP contribution is -2.59. The molecule has 0 spiro atoms. The van der Waals surface area contributed by atoms with E-state index in [1.54, 1.807) is 0 Å². The number of unbranched alkanes of at least 4 members (excludes halogenated alkanes) is 9. The molecule has 13 heteroatoms. The Morgan fingerprint density at radius 1 is 0.510 bits per heavy atom. The number of nitrogens with one attached hydrogen (secondary N) is 4. The van der Waals surface area contributed by atoms with Crippen molar-refractivity contribution in [3.8, 4) is 0 Å². The van der Waals surface area contributed by atoms with Crippen LogP contribution in [0.15, 0.2) is 0 Å². The molecular weight excluding hydrogens is 632 g/mol. The predicted molar refractivity (Wildman–Crippen MR) is 190 cm³/mol. The molecule has 0 bridgehead atoms. The second kappa shape index (κ2) is 26.5. The molecule has 0 rings (SSSR count). The van der Waals surface area contributed by atoms with Crippen molar-refractivity contribution in [2.45, 2.75) is 174 Å². The Bertz CT molecular complexity index is 934. The van der Waals surface area contributed by atoms with Gasteiger partial charge in [0.2, 0.25) is 17.7 Å². The average molecular weight is 703 g/mol. The van der Waals surface area contributed by atoms with Gasteiger partial charge in [-0.1, -0.05) is 106 Å². The number of amides is 4. The quantitative estimate of drug-likeness (QED) is 0.0545. The minimum atomic E-state index is -2.22. The van der Waals surface area contributed by atoms with Crippen LogP contribution < -0.4 is 21.3 Å². The Hall–Kier alpha value is -2.32. The first kappa shape index (κ1) is 46.7. The van der Waals surface area contributed by atoms with E-state index in [4.69, 9.17) is 5.11 Å². The second-order valence-electron chi connectivity index (χ2n) is 14.7. The Morgan fingerprint density at radius 3 is 1.27 bits per heavy atom. The van der Waals surface area contributed by atoms with E-state index in [0.717, 1.165) is 19.3 Å². The third kappa shape index (κ3) is 20.8. The first-order valence-corrected chi connectivity index (χ1v) is 18.6. The maximum Gasteiger partial charge on any atom is 0.252 e. The van der Waals surface area contributed by atoms with Gasteiger partial charge in [-0.05, 0) is 43.4 Å². The predicted octanol–water partition coefficient (Wildman–Crippen LogP) is 2.05. The Labute approximate surface area is 294 Å². The molecule has 0 aliphatic rings. The molecule has 9 N–H and O–H groups in total. The highest BCUT2D eigenvalue weighted by Gasteiger charge is 2.37. The highest BCUT2D eigenvalue weighted by Crippen LogP contribution is 2.13. The smallest absolute Gasteiger partial charge is 0.252 e. The minimum Gasteiger partial charge on any atom is -0.394 e. The van der Waals surface area contributed by atoms with Crippen LogP contribution in [0.25, 0.3) is 0 Å². The van der Waals surface area contributed by atoms with E-state index < -0.39 is 66.9 Å². The molecule has 49 heavy (non-hydrogen) atoms. The molecule has 0 aliphatic carbocycles. The lowest BCUT2D eigenvalue weighted by Gasteiger charge is -2.29. The van der Waals surface area contributed by atoms with Crippen LogP contribution in [0.3, 0.4) is 0 Å². The van der Waals surface area contributed by atoms with Gasteiger partial charge in [0.25, 0.3) is 5.91 Å². The normalized spacial score (nSPS) is 16.1. The van der Waals surface area contributed by atoms with Crippen LogP contribution in [0.1, 0.15) is 132 Å². The molecular formula is C36H70N4O9. The van der Waals surface area contributed by atoms with Crippen molar-refractivity contribution in [3.05, 3.63) is 0 Å². The molecule has 13 nitrogen and oxygen atoms in total. The molecule has 0 aromatic carbocycles. The first-order chi connectivity index (χ1) is 23.0. The molecule has 7 atom stereocenters. The zero-order valence-electron chi connectivity index (χ0n) is 31.2. The van der Waals surface area contributed by atoms with Crippen molar-refractivity contribution in [2.75, 3.05) is 13.2 Å². The Balaban J connectivity index is 5.40. The standard InChI is InChI=1S/C36H70N4O9/c1-8-9-10-11-12-13-14-15-16-17-18-37-33(46)26(19-23(2)3)38-34(47)27(20-24(4)5)39-35(48)28(21-25(6)7)40-36(49)32(45)31(44)30(43)29(42)22-41/h23-32,41-45H,8-22H2,1-7H3,(H,37,46)(H,38,47)(H,39,48)(H,40,49)/t26-,27-,28-,29+,30+,31-,32+/m0/s1. The summed E-state index contributed by atoms with van der Waals surface area (Å²) < 4.78 is 0. The first-order valence-electron chi connectivity index (χ1n) is 18.6. The monoisotopic (exact) mass is 703 g/mol. The van der Waals surface area contributed by atoms with Crippen LogP contribution in [0.4, 0.5) is 0 Å². The summed E-state index contributed by atoms with van der Waals surface area (Å²) in [6.07, 6.45) is 4.45. The molecule has 288 valence electrons. The van der Waals surface area contributed by atoms with E-state index >= 15 is 0 Å². The maximum absolute atomic E-state index is 13.6. The molecule has 0 aromatic rings. The van der Waals surface area contributed by atoms with Gasteiger partial charge in [-0.3, -0.25) is 19.2 Å². The minimum absolute atomic E-state index is 0.0145. The van der Waals surface area contributed by atoms with E-state index in [1.165, 1.54) is 44.9 Å². The largest absolute Gasteiger partial charge is 0.394 e. The fourth-order valence-electron chi connectivity index (χ4n) is 5.54. The van der Waals surface area contributed by atoms with Gasteiger partial charge >= 0.3 is 0 Å². The van der Waals surface area contributed by atoms with Crippen molar-refractivity contribution in [1.29, 1.82) is 0 Å². The molecule has 0 saturated carbocycles. The highest BCUT2D eigenvalue weighted by molar-refractivity contribution is 5.94. The Kier molecular flexibility index (Phi) is 25.2. The van der Waals surface area contributed by atoms with E-state index in [0.29, 0.717) is 13.0 Å². The number of carbonyl (C=O) groups excluding carboxylic acids is 4. The number of hydrogen-bond donors (Lipinski definition) is 9. The van der Waals surface area contributed by atoms with E-state index in [-0.39, 0.29) is 36.5 Å². The lowest BCUT2D eigenvalue weighted by atomic mass is 9.98. The summed E-state index contributed by atoms with van der Waals surface area (Å²) in [5, 5.41) is 59.7. The average Bonchev–Trinajstić information content (AvgIpc) is 3.03. The fourth-order valence-corrected chi connectivity index (χ4v) is 5.54. The summed E-state index contributed by atoms with van der Waals surface area (Å²) in [7, 11) is 0. The summed E-state index contributed by atoms with van der Waals surface area (Å²) in [6, 6.07) is -3.04. The third-order valence-corrected chi connectivity index (χ3v) is 8.37. The van der Waals surface area contributed by atoms with Crippen LogP contribution in [0.2, 0.25) is 0 Å². The van der Waals surface area contributed by atoms with Gasteiger partial charge in [-0.15, -0.1) is 0 Å². The van der Waals surface area contributed by atoms with Crippen molar-refractivity contribution in [3.63, 3.8) is 0 Å². The van der Waals surface area contributed by atoms with Crippen molar-refractivity contribution in [1.82, 2.24) is 21.3 Å². The number of carbonyl (C=O) groups is 4. The van der Waals surface area contributed by atoms with Crippen molar-refractivity contribution >= 4 is 23.6 Å². The van der Waals surface area contributed by atoms with Crippen molar-refractivity contribution < 1.29 is 44.7 Å². The Morgan fingerprint density at radius 2 is 0.878 bits per heavy atom. The summed E-state index contributed by atoms with van der Waals surface area (Å²) in [5.74, 6) is -2.71. The summed E-state index contributed by atoms with van der Waals surface area (Å²) in [5.41, 5.74) is 0. The van der Waals surface area contributed by atoms with Gasteiger partial charge < -0.3 is 46.8 Å². The second-order valence-corrected chi connectivity index (χ2v) is 14.7. The summed E-state index contributed by atoms with van der Waals surface area (Å²) in [6.45, 7) is 13.1. The zero-order valence-corrected chi connectivity index (χ0v) is 31.2. The number of hydrogen-bond acceptors (Lipinski definition) is 9. The molecule has 0 aliphatic heterocycles. The number of rotatable bonds is 28. The van der Waals surface area contributed by atoms with Crippen molar-refractivity contribution in [2.24, 2.45) is 17.8 Å². The van der Waals surface area contributed by atoms with Gasteiger partial charge in [0, 0.05) is 6.54 Å². The van der Waals surface area contributed by atoms with Crippen LogP contribution in [0.5, 0.6) is 0 Å². The van der Waals surface area contributed by atoms with Gasteiger partial charge in [0.05, 0.1) is 6.61 Å². The molecule has 0 radical (unpaired) electrons. The lowest BCUT2D eigenvalue weighted by molar-refractivity contribution is -0.150. The topological polar surface area (TPSA) is 218 Å². The van der Waals surface area contributed by atoms with Crippen LogP contribution in [-0.2, 0) is 19.2 Å². The van der Waals surface area contributed by atoms with Crippen LogP contribution in [0, 0.1) is 17.8 Å². The van der Waals surface area contributed by atoms with Gasteiger partial charge in [-0.2, -0.15) is 0 Å². The molecule has 0 heterocycles. The zero-order chi connectivity index (χ0) is 37.5. The SMILES string of the molecule is CCCCCCCCCCCCNC(=O)[C@H](CC(C)C)NC(=O)[C@H](CC(C)C)NC(=O)[C@H](CC(C)C)NC(=O)[C@H](O)[C@@H](O)[C@H](O)[C@H](O)CO. The van der Waals surface area contributed by atoms with E-state index in [9.17, 15) is 39.6 Å². The number of aliphatic hydroxyl groups excluding tert-OH is 5. The molecule has 0 fully saturated rings. The van der Waals surface area contributed by atoms with E-state index in [1.807, 2.05) is 41.5 Å². The summed E-state index contributed by atoms with van der Waals surface area (Å²) in [4.78, 5) is 53.0.